The van der Waals surface area contributed by atoms with Crippen molar-refractivity contribution >= 4 is 11.8 Å². The number of alkyl halides is 2. The minimum atomic E-state index is -3.05. The maximum absolute atomic E-state index is 14.6. The molecule has 1 aromatic rings. The summed E-state index contributed by atoms with van der Waals surface area (Å²) in [5.41, 5.74) is 0.532. The van der Waals surface area contributed by atoms with Gasteiger partial charge in [0.05, 0.1) is 29.9 Å². The molecule has 1 atom stereocenters. The Morgan fingerprint density at radius 3 is 2.64 bits per heavy atom. The van der Waals surface area contributed by atoms with Crippen molar-refractivity contribution in [2.24, 2.45) is 18.4 Å². The van der Waals surface area contributed by atoms with Crippen molar-refractivity contribution in [3.63, 3.8) is 0 Å². The number of amides is 2. The highest BCUT2D eigenvalue weighted by atomic mass is 19.3. The molecule has 2 fully saturated rings. The number of hydrogen-bond donors (Lipinski definition) is 0. The number of hydrogen-bond acceptors (Lipinski definition) is 3. The average molecular weight is 396 g/mol. The van der Waals surface area contributed by atoms with E-state index in [0.717, 1.165) is 11.4 Å². The van der Waals surface area contributed by atoms with E-state index in [-0.39, 0.29) is 30.7 Å². The number of rotatable bonds is 4. The van der Waals surface area contributed by atoms with Crippen LogP contribution in [0, 0.1) is 18.3 Å². The number of piperidine rings is 2. The van der Waals surface area contributed by atoms with Gasteiger partial charge < -0.3 is 9.80 Å². The van der Waals surface area contributed by atoms with Gasteiger partial charge in [0.2, 0.25) is 11.8 Å². The third kappa shape index (κ3) is 4.20. The van der Waals surface area contributed by atoms with E-state index in [1.807, 2.05) is 33.9 Å². The summed E-state index contributed by atoms with van der Waals surface area (Å²) in [6, 6.07) is 1.91. The maximum atomic E-state index is 14.6. The molecule has 6 nitrogen and oxygen atoms in total. The number of aryl methyl sites for hydroxylation is 2. The minimum absolute atomic E-state index is 0.0886. The van der Waals surface area contributed by atoms with Gasteiger partial charge in [-0.3, -0.25) is 14.3 Å². The van der Waals surface area contributed by atoms with Gasteiger partial charge in [0.15, 0.2) is 0 Å². The molecule has 2 saturated heterocycles. The summed E-state index contributed by atoms with van der Waals surface area (Å²) >= 11 is 0. The second-order valence-electron chi connectivity index (χ2n) is 8.89. The van der Waals surface area contributed by atoms with Gasteiger partial charge >= 0.3 is 0 Å². The summed E-state index contributed by atoms with van der Waals surface area (Å²) in [6.45, 7) is 6.04. The van der Waals surface area contributed by atoms with Crippen LogP contribution in [0.5, 0.6) is 0 Å². The lowest BCUT2D eigenvalue weighted by Gasteiger charge is -2.49. The first-order chi connectivity index (χ1) is 13.0. The summed E-state index contributed by atoms with van der Waals surface area (Å²) in [5.74, 6) is -3.52. The van der Waals surface area contributed by atoms with Gasteiger partial charge in [-0.15, -0.1) is 0 Å². The Balaban J connectivity index is 1.82. The first kappa shape index (κ1) is 20.7. The molecule has 3 heterocycles. The van der Waals surface area contributed by atoms with Crippen LogP contribution in [-0.4, -0.2) is 57.0 Å². The van der Waals surface area contributed by atoms with Gasteiger partial charge in [-0.2, -0.15) is 5.10 Å². The highest BCUT2D eigenvalue weighted by Crippen LogP contribution is 2.45. The molecule has 156 valence electrons. The normalized spacial score (nSPS) is 25.0. The van der Waals surface area contributed by atoms with Crippen LogP contribution < -0.4 is 0 Å². The molecule has 0 bridgehead atoms. The lowest BCUT2D eigenvalue weighted by atomic mass is 9.71. The van der Waals surface area contributed by atoms with Gasteiger partial charge in [0.1, 0.15) is 0 Å². The molecule has 0 aromatic carbocycles. The monoisotopic (exact) mass is 396 g/mol. The lowest BCUT2D eigenvalue weighted by Crippen LogP contribution is -2.62. The Labute approximate surface area is 164 Å². The van der Waals surface area contributed by atoms with Crippen LogP contribution in [0.2, 0.25) is 0 Å². The van der Waals surface area contributed by atoms with Gasteiger partial charge in [0, 0.05) is 33.0 Å². The van der Waals surface area contributed by atoms with Crippen LogP contribution in [-0.2, 0) is 23.2 Å². The summed E-state index contributed by atoms with van der Waals surface area (Å²) in [4.78, 5) is 28.7. The highest BCUT2D eigenvalue weighted by Gasteiger charge is 2.56. The SMILES string of the molecule is Cc1cc(CN2CCCC3(CN(C(=O)CC(C)C)CC(F)(F)C3)C2=O)n(C)n1. The van der Waals surface area contributed by atoms with Crippen molar-refractivity contribution in [3.05, 3.63) is 17.5 Å². The summed E-state index contributed by atoms with van der Waals surface area (Å²) < 4.78 is 30.9. The number of carbonyl (C=O) groups is 2. The molecule has 3 rings (SSSR count). The van der Waals surface area contributed by atoms with E-state index < -0.39 is 24.3 Å². The van der Waals surface area contributed by atoms with Crippen molar-refractivity contribution in [2.75, 3.05) is 19.6 Å². The van der Waals surface area contributed by atoms with Gasteiger partial charge in [-0.05, 0) is 31.7 Å². The summed E-state index contributed by atoms with van der Waals surface area (Å²) in [6.07, 6.45) is 0.794. The molecule has 8 heteroatoms. The van der Waals surface area contributed by atoms with E-state index in [2.05, 4.69) is 5.10 Å². The molecule has 2 aliphatic heterocycles. The molecule has 1 spiro atoms. The van der Waals surface area contributed by atoms with Crippen LogP contribution in [0.15, 0.2) is 6.07 Å². The van der Waals surface area contributed by atoms with E-state index in [1.54, 1.807) is 9.58 Å². The third-order valence-electron chi connectivity index (χ3n) is 5.72. The molecule has 0 aliphatic carbocycles. The molecular formula is C20H30F2N4O2. The van der Waals surface area contributed by atoms with Crippen LogP contribution in [0.25, 0.3) is 0 Å². The molecule has 1 aromatic heterocycles. The highest BCUT2D eigenvalue weighted by molar-refractivity contribution is 5.85. The second kappa shape index (κ2) is 7.44. The average Bonchev–Trinajstić information content (AvgIpc) is 2.87. The third-order valence-corrected chi connectivity index (χ3v) is 5.72. The number of halogens is 2. The molecule has 0 saturated carbocycles. The smallest absolute Gasteiger partial charge is 0.266 e. The summed E-state index contributed by atoms with van der Waals surface area (Å²) in [5, 5.41) is 4.30. The largest absolute Gasteiger partial charge is 0.336 e. The lowest BCUT2D eigenvalue weighted by molar-refractivity contribution is -0.175. The van der Waals surface area contributed by atoms with Crippen LogP contribution in [0.4, 0.5) is 8.78 Å². The van der Waals surface area contributed by atoms with E-state index in [1.165, 1.54) is 4.90 Å². The Bertz CT molecular complexity index is 761. The predicted octanol–water partition coefficient (Wildman–Crippen LogP) is 2.75. The standard InChI is InChI=1S/C20H30F2N4O2/c1-14(2)8-17(27)26-12-19(11-20(21,22)13-26)6-5-7-25(18(19)28)10-16-9-15(3)23-24(16)4/h9,14H,5-8,10-13H2,1-4H3. The van der Waals surface area contributed by atoms with Gasteiger partial charge in [-0.25, -0.2) is 8.78 Å². The molecule has 0 radical (unpaired) electrons. The number of likely N-dealkylation sites (tertiary alicyclic amines) is 2. The van der Waals surface area contributed by atoms with Crippen LogP contribution in [0.3, 0.4) is 0 Å². The number of carbonyl (C=O) groups excluding carboxylic acids is 2. The topological polar surface area (TPSA) is 58.4 Å². The van der Waals surface area contributed by atoms with E-state index in [4.69, 9.17) is 0 Å². The van der Waals surface area contributed by atoms with Crippen molar-refractivity contribution in [1.29, 1.82) is 0 Å². The first-order valence-corrected chi connectivity index (χ1v) is 9.96. The van der Waals surface area contributed by atoms with E-state index in [9.17, 15) is 18.4 Å². The fourth-order valence-electron chi connectivity index (χ4n) is 4.58. The van der Waals surface area contributed by atoms with Crippen molar-refractivity contribution in [3.8, 4) is 0 Å². The van der Waals surface area contributed by atoms with Gasteiger partial charge in [-0.1, -0.05) is 13.8 Å². The maximum Gasteiger partial charge on any atom is 0.266 e. The fourth-order valence-corrected chi connectivity index (χ4v) is 4.58. The molecule has 2 amide bonds. The zero-order valence-corrected chi connectivity index (χ0v) is 17.2. The van der Waals surface area contributed by atoms with Crippen LogP contribution in [0.1, 0.15) is 50.9 Å². The zero-order valence-electron chi connectivity index (χ0n) is 17.2. The van der Waals surface area contributed by atoms with E-state index >= 15 is 0 Å². The van der Waals surface area contributed by atoms with Crippen molar-refractivity contribution in [1.82, 2.24) is 19.6 Å². The predicted molar refractivity (Wildman–Crippen MR) is 101 cm³/mol. The Morgan fingerprint density at radius 1 is 1.32 bits per heavy atom. The number of nitrogens with zero attached hydrogens (tertiary/aromatic N) is 4. The van der Waals surface area contributed by atoms with Crippen LogP contribution >= 0.6 is 0 Å². The quantitative estimate of drug-likeness (QED) is 0.786. The second-order valence-corrected chi connectivity index (χ2v) is 8.89. The summed E-state index contributed by atoms with van der Waals surface area (Å²) in [7, 11) is 1.81. The first-order valence-electron chi connectivity index (χ1n) is 9.96. The van der Waals surface area contributed by atoms with Gasteiger partial charge in [0.25, 0.3) is 5.92 Å². The molecular weight excluding hydrogens is 366 g/mol. The Morgan fingerprint density at radius 2 is 2.04 bits per heavy atom. The molecule has 28 heavy (non-hydrogen) atoms. The molecule has 1 unspecified atom stereocenters. The zero-order chi connectivity index (χ0) is 20.7. The molecule has 2 aliphatic rings. The Kier molecular flexibility index (Phi) is 5.51. The van der Waals surface area contributed by atoms with E-state index in [0.29, 0.717) is 25.9 Å². The molecule has 0 N–H and O–H groups in total. The van der Waals surface area contributed by atoms with Crippen molar-refractivity contribution in [2.45, 2.75) is 58.9 Å². The minimum Gasteiger partial charge on any atom is -0.336 e. The fraction of sp³-hybridized carbons (Fsp3) is 0.750. The van der Waals surface area contributed by atoms with Crippen molar-refractivity contribution < 1.29 is 18.4 Å². The number of aromatic nitrogens is 2. The Hall–Kier alpha value is -1.99.